The summed E-state index contributed by atoms with van der Waals surface area (Å²) in [6, 6.07) is 5.93. The van der Waals surface area contributed by atoms with Gasteiger partial charge in [0.1, 0.15) is 0 Å². The van der Waals surface area contributed by atoms with Crippen LogP contribution in [0.2, 0.25) is 0 Å². The van der Waals surface area contributed by atoms with Gasteiger partial charge in [0.2, 0.25) is 0 Å². The first-order valence-electron chi connectivity index (χ1n) is 7.71. The highest BCUT2D eigenvalue weighted by Gasteiger charge is 2.19. The van der Waals surface area contributed by atoms with Crippen molar-refractivity contribution in [2.24, 2.45) is 0 Å². The second-order valence-electron chi connectivity index (χ2n) is 5.90. The van der Waals surface area contributed by atoms with Gasteiger partial charge in [-0.15, -0.1) is 11.3 Å². The van der Waals surface area contributed by atoms with Crippen LogP contribution >= 0.6 is 11.3 Å². The molecule has 3 heteroatoms. The third-order valence-electron chi connectivity index (χ3n) is 4.03. The molecule has 1 atom stereocenters. The van der Waals surface area contributed by atoms with Crippen molar-refractivity contribution < 1.29 is 0 Å². The van der Waals surface area contributed by atoms with Crippen LogP contribution in [0.4, 0.5) is 0 Å². The highest BCUT2D eigenvalue weighted by molar-refractivity contribution is 7.09. The van der Waals surface area contributed by atoms with Crippen molar-refractivity contribution in [2.75, 3.05) is 20.1 Å². The number of thiophene rings is 1. The molecule has 1 N–H and O–H groups in total. The van der Waals surface area contributed by atoms with E-state index in [1.54, 1.807) is 0 Å². The zero-order valence-corrected chi connectivity index (χ0v) is 13.2. The van der Waals surface area contributed by atoms with Gasteiger partial charge in [-0.05, 0) is 70.6 Å². The second kappa shape index (κ2) is 8.03. The van der Waals surface area contributed by atoms with Crippen LogP contribution in [0.15, 0.2) is 17.5 Å². The molecule has 0 saturated heterocycles. The van der Waals surface area contributed by atoms with Crippen LogP contribution in [-0.4, -0.2) is 37.1 Å². The van der Waals surface area contributed by atoms with Gasteiger partial charge in [-0.1, -0.05) is 12.5 Å². The molecule has 2 nitrogen and oxygen atoms in total. The van der Waals surface area contributed by atoms with E-state index in [0.29, 0.717) is 6.04 Å². The molecule has 0 amide bonds. The maximum Gasteiger partial charge on any atom is 0.0112 e. The highest BCUT2D eigenvalue weighted by atomic mass is 32.1. The van der Waals surface area contributed by atoms with Crippen LogP contribution < -0.4 is 5.32 Å². The van der Waals surface area contributed by atoms with Crippen molar-refractivity contribution in [1.82, 2.24) is 10.2 Å². The lowest BCUT2D eigenvalue weighted by molar-refractivity contribution is 0.251. The monoisotopic (exact) mass is 280 g/mol. The molecule has 1 unspecified atom stereocenters. The topological polar surface area (TPSA) is 15.3 Å². The molecule has 108 valence electrons. The minimum Gasteiger partial charge on any atom is -0.314 e. The Labute approximate surface area is 122 Å². The first-order chi connectivity index (χ1) is 9.25. The van der Waals surface area contributed by atoms with E-state index < -0.39 is 0 Å². The van der Waals surface area contributed by atoms with Crippen molar-refractivity contribution in [3.8, 4) is 0 Å². The third-order valence-corrected chi connectivity index (χ3v) is 4.93. The SMILES string of the molecule is CC(Cc1cccs1)N(C)CCCCCNC1CC1. The van der Waals surface area contributed by atoms with Crippen molar-refractivity contribution in [3.63, 3.8) is 0 Å². The summed E-state index contributed by atoms with van der Waals surface area (Å²) in [4.78, 5) is 4.02. The Hall–Kier alpha value is -0.380. The van der Waals surface area contributed by atoms with E-state index in [1.807, 2.05) is 11.3 Å². The van der Waals surface area contributed by atoms with E-state index in [9.17, 15) is 0 Å². The number of unbranched alkanes of at least 4 members (excludes halogenated alkanes) is 2. The predicted octanol–water partition coefficient (Wildman–Crippen LogP) is 3.53. The molecule has 0 aromatic carbocycles. The quantitative estimate of drug-likeness (QED) is 0.660. The van der Waals surface area contributed by atoms with Crippen LogP contribution in [-0.2, 0) is 6.42 Å². The Balaban J connectivity index is 1.49. The Bertz CT molecular complexity index is 333. The van der Waals surface area contributed by atoms with Crippen LogP contribution in [0.3, 0.4) is 0 Å². The first kappa shape index (κ1) is 15.0. The van der Waals surface area contributed by atoms with Crippen LogP contribution in [0, 0.1) is 0 Å². The summed E-state index contributed by atoms with van der Waals surface area (Å²) in [5, 5.41) is 5.76. The van der Waals surface area contributed by atoms with Gasteiger partial charge in [0, 0.05) is 17.0 Å². The van der Waals surface area contributed by atoms with E-state index in [-0.39, 0.29) is 0 Å². The second-order valence-corrected chi connectivity index (χ2v) is 6.93. The summed E-state index contributed by atoms with van der Waals surface area (Å²) in [7, 11) is 2.26. The lowest BCUT2D eigenvalue weighted by Gasteiger charge is -2.24. The zero-order chi connectivity index (χ0) is 13.5. The molecule has 1 saturated carbocycles. The number of nitrogens with zero attached hydrogens (tertiary/aromatic N) is 1. The minimum atomic E-state index is 0.656. The van der Waals surface area contributed by atoms with Gasteiger partial charge in [0.25, 0.3) is 0 Å². The normalized spacial score (nSPS) is 17.0. The Morgan fingerprint density at radius 3 is 2.89 bits per heavy atom. The summed E-state index contributed by atoms with van der Waals surface area (Å²) in [5.74, 6) is 0. The van der Waals surface area contributed by atoms with Gasteiger partial charge in [0.15, 0.2) is 0 Å². The standard InChI is InChI=1S/C16H28N2S/c1-14(13-16-7-6-12-19-16)18(2)11-5-3-4-10-17-15-8-9-15/h6-7,12,14-15,17H,3-5,8-11,13H2,1-2H3. The molecular weight excluding hydrogens is 252 g/mol. The summed E-state index contributed by atoms with van der Waals surface area (Å²) in [6.45, 7) is 4.80. The average molecular weight is 280 g/mol. The Morgan fingerprint density at radius 2 is 2.21 bits per heavy atom. The fourth-order valence-corrected chi connectivity index (χ4v) is 3.18. The molecule has 1 heterocycles. The lowest BCUT2D eigenvalue weighted by Crippen LogP contribution is -2.31. The minimum absolute atomic E-state index is 0.656. The molecule has 2 rings (SSSR count). The molecule has 0 aliphatic heterocycles. The van der Waals surface area contributed by atoms with Crippen LogP contribution in [0.5, 0.6) is 0 Å². The predicted molar refractivity (Wildman–Crippen MR) is 85.0 cm³/mol. The van der Waals surface area contributed by atoms with Gasteiger partial charge in [-0.25, -0.2) is 0 Å². The molecule has 1 aromatic rings. The van der Waals surface area contributed by atoms with Crippen molar-refractivity contribution >= 4 is 11.3 Å². The van der Waals surface area contributed by atoms with Crippen molar-refractivity contribution in [1.29, 1.82) is 0 Å². The zero-order valence-electron chi connectivity index (χ0n) is 12.4. The van der Waals surface area contributed by atoms with Gasteiger partial charge in [-0.2, -0.15) is 0 Å². The molecule has 1 aromatic heterocycles. The number of rotatable bonds is 10. The van der Waals surface area contributed by atoms with Crippen molar-refractivity contribution in [3.05, 3.63) is 22.4 Å². The molecule has 1 fully saturated rings. The number of nitrogens with one attached hydrogen (secondary N) is 1. The number of hydrogen-bond acceptors (Lipinski definition) is 3. The lowest BCUT2D eigenvalue weighted by atomic mass is 10.1. The summed E-state index contributed by atoms with van der Waals surface area (Å²) >= 11 is 1.88. The molecule has 1 aliphatic rings. The van der Waals surface area contributed by atoms with Gasteiger partial charge >= 0.3 is 0 Å². The molecule has 0 radical (unpaired) electrons. The molecule has 0 bridgehead atoms. The maximum atomic E-state index is 3.58. The Kier molecular flexibility index (Phi) is 6.35. The van der Waals surface area contributed by atoms with Gasteiger partial charge in [-0.3, -0.25) is 0 Å². The first-order valence-corrected chi connectivity index (χ1v) is 8.59. The molecule has 1 aliphatic carbocycles. The van der Waals surface area contributed by atoms with Gasteiger partial charge < -0.3 is 10.2 Å². The summed E-state index contributed by atoms with van der Waals surface area (Å²) < 4.78 is 0. The molecule has 0 spiro atoms. The van der Waals surface area contributed by atoms with Crippen molar-refractivity contribution in [2.45, 2.75) is 57.5 Å². The van der Waals surface area contributed by atoms with E-state index in [1.165, 1.54) is 56.5 Å². The van der Waals surface area contributed by atoms with Gasteiger partial charge in [0.05, 0.1) is 0 Å². The summed E-state index contributed by atoms with van der Waals surface area (Å²) in [5.41, 5.74) is 0. The van der Waals surface area contributed by atoms with E-state index >= 15 is 0 Å². The van der Waals surface area contributed by atoms with E-state index in [2.05, 4.69) is 41.7 Å². The largest absolute Gasteiger partial charge is 0.314 e. The number of hydrogen-bond donors (Lipinski definition) is 1. The van der Waals surface area contributed by atoms with Crippen LogP contribution in [0.1, 0.15) is 43.9 Å². The van der Waals surface area contributed by atoms with E-state index in [4.69, 9.17) is 0 Å². The molecular formula is C16H28N2S. The fraction of sp³-hybridized carbons (Fsp3) is 0.750. The third kappa shape index (κ3) is 6.07. The maximum absolute atomic E-state index is 3.58. The smallest absolute Gasteiger partial charge is 0.0112 e. The highest BCUT2D eigenvalue weighted by Crippen LogP contribution is 2.18. The fourth-order valence-electron chi connectivity index (χ4n) is 2.35. The Morgan fingerprint density at radius 1 is 1.37 bits per heavy atom. The average Bonchev–Trinajstić information content (AvgIpc) is 3.09. The summed E-state index contributed by atoms with van der Waals surface area (Å²) in [6.07, 6.45) is 8.03. The van der Waals surface area contributed by atoms with Crippen LogP contribution in [0.25, 0.3) is 0 Å². The molecule has 19 heavy (non-hydrogen) atoms. The van der Waals surface area contributed by atoms with E-state index in [0.717, 1.165) is 6.04 Å². The number of likely N-dealkylation sites (N-methyl/N-ethyl adjacent to an activating group) is 1.